The van der Waals surface area contributed by atoms with Gasteiger partial charge in [-0.3, -0.25) is 14.2 Å². The van der Waals surface area contributed by atoms with Gasteiger partial charge in [-0.15, -0.1) is 0 Å². The van der Waals surface area contributed by atoms with Crippen LogP contribution in [0.15, 0.2) is 82.7 Å². The highest BCUT2D eigenvalue weighted by molar-refractivity contribution is 7.16. The molecule has 1 atom stereocenters. The zero-order valence-corrected chi connectivity index (χ0v) is 19.9. The van der Waals surface area contributed by atoms with Crippen molar-refractivity contribution in [2.24, 2.45) is 10.9 Å². The van der Waals surface area contributed by atoms with Crippen LogP contribution in [0.1, 0.15) is 16.7 Å². The summed E-state index contributed by atoms with van der Waals surface area (Å²) in [7, 11) is 1.51. The van der Waals surface area contributed by atoms with Crippen LogP contribution < -0.4 is 15.3 Å². The number of nitrogens with two attached hydrogens (primary N) is 1. The zero-order chi connectivity index (χ0) is 24.8. The van der Waals surface area contributed by atoms with E-state index in [1.165, 1.54) is 18.4 Å². The third kappa shape index (κ3) is 5.76. The van der Waals surface area contributed by atoms with Gasteiger partial charge in [0, 0.05) is 11.1 Å². The van der Waals surface area contributed by atoms with Gasteiger partial charge in [0.2, 0.25) is 0 Å². The molecule has 8 nitrogen and oxygen atoms in total. The van der Waals surface area contributed by atoms with Crippen LogP contribution in [0.4, 0.5) is 0 Å². The Bertz CT molecular complexity index is 1390. The third-order valence-electron chi connectivity index (χ3n) is 5.45. The Kier molecular flexibility index (Phi) is 7.59. The molecule has 4 aromatic rings. The van der Waals surface area contributed by atoms with Crippen molar-refractivity contribution in [3.05, 3.63) is 99.2 Å². The first-order valence-electron chi connectivity index (χ1n) is 11.0. The van der Waals surface area contributed by atoms with E-state index in [4.69, 9.17) is 20.4 Å². The van der Waals surface area contributed by atoms with Crippen molar-refractivity contribution in [3.8, 4) is 5.75 Å². The van der Waals surface area contributed by atoms with Crippen LogP contribution in [-0.4, -0.2) is 41.1 Å². The van der Waals surface area contributed by atoms with Crippen molar-refractivity contribution in [2.45, 2.75) is 19.0 Å². The van der Waals surface area contributed by atoms with Crippen molar-refractivity contribution < 1.29 is 19.5 Å². The highest BCUT2D eigenvalue weighted by Gasteiger charge is 2.14. The molecule has 1 heterocycles. The molecule has 0 spiro atoms. The van der Waals surface area contributed by atoms with E-state index < -0.39 is 12.0 Å². The molecular weight excluding hydrogens is 466 g/mol. The third-order valence-corrected chi connectivity index (χ3v) is 6.39. The van der Waals surface area contributed by atoms with Gasteiger partial charge in [-0.25, -0.2) is 0 Å². The Morgan fingerprint density at radius 3 is 2.51 bits per heavy atom. The van der Waals surface area contributed by atoms with Gasteiger partial charge in [0.05, 0.1) is 16.8 Å². The molecule has 0 saturated carbocycles. The predicted molar refractivity (Wildman–Crippen MR) is 136 cm³/mol. The number of hydrogen-bond acceptors (Lipinski definition) is 7. The van der Waals surface area contributed by atoms with Gasteiger partial charge in [0.15, 0.2) is 0 Å². The second kappa shape index (κ2) is 11.0. The number of ether oxygens (including phenoxy) is 1. The first kappa shape index (κ1) is 24.2. The molecule has 1 aromatic heterocycles. The lowest BCUT2D eigenvalue weighted by Gasteiger charge is -2.10. The molecule has 9 heteroatoms. The summed E-state index contributed by atoms with van der Waals surface area (Å²) in [6.45, 7) is 0.698. The second-order valence-electron chi connectivity index (χ2n) is 7.83. The summed E-state index contributed by atoms with van der Waals surface area (Å²) in [5.74, 6) is -0.399. The Balaban J connectivity index is 1.46. The molecule has 0 radical (unpaired) electrons. The van der Waals surface area contributed by atoms with Crippen molar-refractivity contribution in [2.75, 3.05) is 13.7 Å². The number of fused-ring (bicyclic) bond motifs is 1. The Morgan fingerprint density at radius 1 is 1.09 bits per heavy atom. The number of nitrogens with zero attached hydrogens (tertiary/aromatic N) is 2. The summed E-state index contributed by atoms with van der Waals surface area (Å²) in [5.41, 5.74) is 9.69. The van der Waals surface area contributed by atoms with Gasteiger partial charge >= 0.3 is 10.8 Å². The van der Waals surface area contributed by atoms with Gasteiger partial charge in [0.1, 0.15) is 31.2 Å². The molecule has 0 aliphatic carbocycles. The van der Waals surface area contributed by atoms with Gasteiger partial charge in [0.25, 0.3) is 0 Å². The maximum absolute atomic E-state index is 12.7. The van der Waals surface area contributed by atoms with Crippen LogP contribution in [0.25, 0.3) is 10.2 Å². The summed E-state index contributed by atoms with van der Waals surface area (Å²) in [6.07, 6.45) is 0.245. The van der Waals surface area contributed by atoms with Crippen molar-refractivity contribution >= 4 is 33.2 Å². The number of carboxylic acids is 1. The molecule has 0 fully saturated rings. The number of carboxylic acid groups (broad SMARTS) is 1. The van der Waals surface area contributed by atoms with Crippen LogP contribution in [0.5, 0.6) is 5.75 Å². The van der Waals surface area contributed by atoms with E-state index >= 15 is 0 Å². The smallest absolute Gasteiger partial charge is 0.320 e. The molecule has 0 amide bonds. The molecule has 180 valence electrons. The molecule has 35 heavy (non-hydrogen) atoms. The first-order valence-corrected chi connectivity index (χ1v) is 11.8. The molecular formula is C26H25N3O5S. The minimum absolute atomic E-state index is 0.0660. The quantitative estimate of drug-likeness (QED) is 0.259. The molecule has 0 aliphatic heterocycles. The summed E-state index contributed by atoms with van der Waals surface area (Å²) >= 11 is 1.18. The van der Waals surface area contributed by atoms with Crippen LogP contribution in [-0.2, 0) is 22.6 Å². The topological polar surface area (TPSA) is 116 Å². The summed E-state index contributed by atoms with van der Waals surface area (Å²) in [4.78, 5) is 28.6. The highest BCUT2D eigenvalue weighted by Crippen LogP contribution is 2.22. The van der Waals surface area contributed by atoms with E-state index in [-0.39, 0.29) is 11.3 Å². The molecule has 0 saturated heterocycles. The average molecular weight is 492 g/mol. The van der Waals surface area contributed by atoms with Crippen LogP contribution in [0, 0.1) is 0 Å². The van der Waals surface area contributed by atoms with E-state index in [1.807, 2.05) is 48.5 Å². The normalized spacial score (nSPS) is 12.5. The Morgan fingerprint density at radius 2 is 1.83 bits per heavy atom. The van der Waals surface area contributed by atoms with E-state index in [1.54, 1.807) is 28.8 Å². The van der Waals surface area contributed by atoms with Gasteiger partial charge in [-0.2, -0.15) is 0 Å². The van der Waals surface area contributed by atoms with Crippen LogP contribution >= 0.6 is 11.3 Å². The van der Waals surface area contributed by atoms with E-state index in [0.717, 1.165) is 26.9 Å². The van der Waals surface area contributed by atoms with Gasteiger partial charge in [-0.05, 0) is 36.2 Å². The maximum Gasteiger partial charge on any atom is 0.320 e. The summed E-state index contributed by atoms with van der Waals surface area (Å²) in [6, 6.07) is 21.7. The summed E-state index contributed by atoms with van der Waals surface area (Å²) in [5, 5.41) is 13.1. The fourth-order valence-electron chi connectivity index (χ4n) is 3.70. The number of rotatable bonds is 10. The minimum Gasteiger partial charge on any atom is -0.492 e. The van der Waals surface area contributed by atoms with Gasteiger partial charge < -0.3 is 20.4 Å². The lowest BCUT2D eigenvalue weighted by Crippen LogP contribution is -2.32. The fraction of sp³-hybridized carbons (Fsp3) is 0.192. The van der Waals surface area contributed by atoms with Crippen molar-refractivity contribution in [1.29, 1.82) is 0 Å². The van der Waals surface area contributed by atoms with Crippen LogP contribution in [0.2, 0.25) is 0 Å². The van der Waals surface area contributed by atoms with E-state index in [9.17, 15) is 9.59 Å². The Labute approximate surface area is 205 Å². The number of oxime groups is 1. The lowest BCUT2D eigenvalue weighted by molar-refractivity contribution is -0.138. The second-order valence-corrected chi connectivity index (χ2v) is 8.83. The molecule has 3 aromatic carbocycles. The number of thiazole rings is 1. The van der Waals surface area contributed by atoms with E-state index in [2.05, 4.69) is 5.16 Å². The first-order chi connectivity index (χ1) is 17.0. The van der Waals surface area contributed by atoms with Crippen LogP contribution in [0.3, 0.4) is 0 Å². The molecule has 0 bridgehead atoms. The monoisotopic (exact) mass is 491 g/mol. The largest absolute Gasteiger partial charge is 0.492 e. The molecule has 4 rings (SSSR count). The van der Waals surface area contributed by atoms with Crippen molar-refractivity contribution in [3.63, 3.8) is 0 Å². The number of hydrogen-bond donors (Lipinski definition) is 2. The predicted octanol–water partition coefficient (Wildman–Crippen LogP) is 3.50. The maximum atomic E-state index is 12.7. The lowest BCUT2D eigenvalue weighted by atomic mass is 10.0. The molecule has 3 N–H and O–H groups in total. The number of benzene rings is 3. The number of aromatic nitrogens is 1. The van der Waals surface area contributed by atoms with Crippen molar-refractivity contribution in [1.82, 2.24) is 4.57 Å². The minimum atomic E-state index is -1.03. The standard InChI is InChI=1S/C26H25N3O5S/c1-33-28-24(18-5-3-2-4-6-18)19-9-12-22-23(16-19)35-26(32)29(22)13-14-34-20-10-7-17(8-11-20)15-21(27)25(30)31/h2-12,16,21H,13-15,27H2,1H3,(H,30,31)/b28-24+. The highest BCUT2D eigenvalue weighted by atomic mass is 32.1. The zero-order valence-electron chi connectivity index (χ0n) is 19.1. The number of aliphatic carboxylic acids is 1. The fourth-order valence-corrected chi connectivity index (χ4v) is 4.66. The Hall–Kier alpha value is -3.95. The number of carbonyl (C=O) groups is 1. The molecule has 1 unspecified atom stereocenters. The molecule has 0 aliphatic rings. The van der Waals surface area contributed by atoms with Gasteiger partial charge in [-0.1, -0.05) is 65.0 Å². The summed E-state index contributed by atoms with van der Waals surface area (Å²) < 4.78 is 8.35. The SMILES string of the molecule is CO/N=C(\c1ccccc1)c1ccc2c(c1)sc(=O)n2CCOc1ccc(CC(N)C(=O)O)cc1. The van der Waals surface area contributed by atoms with E-state index in [0.29, 0.717) is 24.6 Å². The average Bonchev–Trinajstić information content (AvgIpc) is 3.18.